The second kappa shape index (κ2) is 9.92. The number of fused-ring (bicyclic) bond motifs is 1. The van der Waals surface area contributed by atoms with Crippen molar-refractivity contribution in [2.24, 2.45) is 0 Å². The first-order valence-corrected chi connectivity index (χ1v) is 12.8. The van der Waals surface area contributed by atoms with Gasteiger partial charge in [-0.05, 0) is 29.7 Å². The van der Waals surface area contributed by atoms with Gasteiger partial charge in [-0.25, -0.2) is 4.98 Å². The third-order valence-corrected chi connectivity index (χ3v) is 6.93. The van der Waals surface area contributed by atoms with Gasteiger partial charge < -0.3 is 13.9 Å². The van der Waals surface area contributed by atoms with Crippen LogP contribution in [0.2, 0.25) is 10.0 Å². The fourth-order valence-corrected chi connectivity index (χ4v) is 5.64. The molecule has 0 radical (unpaired) electrons. The average molecular weight is 520 g/mol. The number of rotatable bonds is 8. The summed E-state index contributed by atoms with van der Waals surface area (Å²) in [5.41, 5.74) is 1.97. The van der Waals surface area contributed by atoms with E-state index in [0.717, 1.165) is 16.5 Å². The van der Waals surface area contributed by atoms with Crippen molar-refractivity contribution in [2.75, 3.05) is 6.61 Å². The molecule has 34 heavy (non-hydrogen) atoms. The molecular weight excluding hydrogens is 497 g/mol. The first-order valence-electron chi connectivity index (χ1n) is 10.6. The van der Waals surface area contributed by atoms with Crippen molar-refractivity contribution >= 4 is 44.2 Å². The summed E-state index contributed by atoms with van der Waals surface area (Å²) >= 11 is 12.1. The zero-order valence-corrected chi connectivity index (χ0v) is 20.9. The molecule has 178 valence electrons. The quantitative estimate of drug-likeness (QED) is 0.321. The molecule has 0 saturated heterocycles. The molecule has 7 nitrogen and oxygen atoms in total. The molecule has 1 N–H and O–H groups in total. The Morgan fingerprint density at radius 1 is 1.09 bits per heavy atom. The number of hydrogen-bond donors (Lipinski definition) is 1. The molecule has 0 aliphatic rings. The number of nitrogens with zero attached hydrogens (tertiary/aromatic N) is 3. The topological polar surface area (TPSA) is 94.3 Å². The lowest BCUT2D eigenvalue weighted by Gasteiger charge is -2.15. The Morgan fingerprint density at radius 3 is 2.47 bits per heavy atom. The van der Waals surface area contributed by atoms with Crippen LogP contribution in [0, 0.1) is 0 Å². The van der Waals surface area contributed by atoms with Crippen LogP contribution in [0.15, 0.2) is 59.8 Å². The summed E-state index contributed by atoms with van der Waals surface area (Å²) in [4.78, 5) is 9.05. The van der Waals surface area contributed by atoms with Crippen molar-refractivity contribution < 1.29 is 17.7 Å². The minimum absolute atomic E-state index is 0.00367. The van der Waals surface area contributed by atoms with E-state index in [1.807, 2.05) is 44.2 Å². The van der Waals surface area contributed by atoms with Crippen LogP contribution in [0.1, 0.15) is 36.8 Å². The number of pyridine rings is 1. The van der Waals surface area contributed by atoms with Gasteiger partial charge >= 0.3 is 10.1 Å². The monoisotopic (exact) mass is 519 g/mol. The number of imidazole rings is 1. The minimum atomic E-state index is -4.33. The van der Waals surface area contributed by atoms with Gasteiger partial charge in [-0.2, -0.15) is 8.42 Å². The molecule has 2 heterocycles. The number of aliphatic hydroxyl groups is 1. The van der Waals surface area contributed by atoms with Gasteiger partial charge in [0.05, 0.1) is 24.4 Å². The molecule has 4 rings (SSSR count). The van der Waals surface area contributed by atoms with E-state index in [0.29, 0.717) is 11.5 Å². The maximum absolute atomic E-state index is 13.5. The van der Waals surface area contributed by atoms with Gasteiger partial charge in [0, 0.05) is 40.2 Å². The Balaban J connectivity index is 1.84. The van der Waals surface area contributed by atoms with Gasteiger partial charge in [0.2, 0.25) is 0 Å². The molecule has 0 bridgehead atoms. The number of aromatic nitrogens is 3. The lowest BCUT2D eigenvalue weighted by molar-refractivity contribution is 0.294. The Labute approximate surface area is 208 Å². The van der Waals surface area contributed by atoms with Gasteiger partial charge in [-0.1, -0.05) is 55.2 Å². The van der Waals surface area contributed by atoms with Gasteiger partial charge in [0.25, 0.3) is 0 Å². The average Bonchev–Trinajstić information content (AvgIpc) is 3.12. The van der Waals surface area contributed by atoms with Gasteiger partial charge in [0.15, 0.2) is 5.03 Å². The minimum Gasteiger partial charge on any atom is -0.396 e. The van der Waals surface area contributed by atoms with Crippen LogP contribution < -0.4 is 4.18 Å². The number of aliphatic hydroxyl groups excluding tert-OH is 1. The fourth-order valence-electron chi connectivity index (χ4n) is 3.72. The van der Waals surface area contributed by atoms with Gasteiger partial charge in [0.1, 0.15) is 11.6 Å². The molecule has 0 aliphatic carbocycles. The molecule has 0 spiro atoms. The molecule has 0 amide bonds. The van der Waals surface area contributed by atoms with Crippen LogP contribution in [0.3, 0.4) is 0 Å². The predicted octanol–water partition coefficient (Wildman–Crippen LogP) is 5.21. The lowest BCUT2D eigenvalue weighted by atomic mass is 10.1. The van der Waals surface area contributed by atoms with Crippen LogP contribution in [-0.4, -0.2) is 34.7 Å². The fraction of sp³-hybridized carbons (Fsp3) is 0.250. The molecule has 2 aromatic heterocycles. The van der Waals surface area contributed by atoms with Crippen molar-refractivity contribution in [3.63, 3.8) is 0 Å². The highest BCUT2D eigenvalue weighted by molar-refractivity contribution is 7.87. The van der Waals surface area contributed by atoms with E-state index < -0.39 is 10.1 Å². The summed E-state index contributed by atoms with van der Waals surface area (Å²) in [6.07, 6.45) is 1.88. The summed E-state index contributed by atoms with van der Waals surface area (Å²) in [6, 6.07) is 13.9. The van der Waals surface area contributed by atoms with Crippen LogP contribution in [0.25, 0.3) is 10.9 Å². The maximum atomic E-state index is 13.5. The number of hydrogen-bond acceptors (Lipinski definition) is 6. The SMILES string of the molecule is CC(C)c1nc(CCO)n(Cc2cnc3ccccc3c2)c1S(=O)(=O)Oc1cc(Cl)cc(Cl)c1. The summed E-state index contributed by atoms with van der Waals surface area (Å²) in [5, 5.41) is 11.0. The highest BCUT2D eigenvalue weighted by Gasteiger charge is 2.31. The van der Waals surface area contributed by atoms with Crippen LogP contribution in [0.5, 0.6) is 5.75 Å². The highest BCUT2D eigenvalue weighted by Crippen LogP contribution is 2.31. The summed E-state index contributed by atoms with van der Waals surface area (Å²) in [6.45, 7) is 3.69. The van der Waals surface area contributed by atoms with Crippen molar-refractivity contribution in [1.29, 1.82) is 0 Å². The maximum Gasteiger partial charge on any atom is 0.357 e. The first kappa shape index (κ1) is 24.5. The first-order chi connectivity index (χ1) is 16.2. The third-order valence-electron chi connectivity index (χ3n) is 5.17. The van der Waals surface area contributed by atoms with Crippen LogP contribution in [-0.2, 0) is 23.1 Å². The molecule has 0 saturated carbocycles. The summed E-state index contributed by atoms with van der Waals surface area (Å²) in [5.74, 6) is 0.214. The van der Waals surface area contributed by atoms with E-state index in [9.17, 15) is 13.5 Å². The van der Waals surface area contributed by atoms with Crippen molar-refractivity contribution in [3.8, 4) is 5.75 Å². The standard InChI is InChI=1S/C24H23Cl2N3O4S/c1-15(2)23-24(34(31,32)33-20-11-18(25)10-19(26)12-20)29(22(28-23)7-8-30)14-16-9-17-5-3-4-6-21(17)27-13-16/h3-6,9-13,15,30H,7-8,14H2,1-2H3. The normalized spacial score (nSPS) is 11.9. The highest BCUT2D eigenvalue weighted by atomic mass is 35.5. The van der Waals surface area contributed by atoms with E-state index in [-0.39, 0.29) is 46.3 Å². The number of benzene rings is 2. The Hall–Kier alpha value is -2.65. The predicted molar refractivity (Wildman–Crippen MR) is 132 cm³/mol. The van der Waals surface area contributed by atoms with Gasteiger partial charge in [-0.15, -0.1) is 0 Å². The second-order valence-electron chi connectivity index (χ2n) is 8.11. The molecule has 0 fully saturated rings. The van der Waals surface area contributed by atoms with E-state index >= 15 is 0 Å². The second-order valence-corrected chi connectivity index (χ2v) is 10.4. The van der Waals surface area contributed by atoms with Gasteiger partial charge in [-0.3, -0.25) is 4.98 Å². The van der Waals surface area contributed by atoms with Crippen LogP contribution in [0.4, 0.5) is 0 Å². The van der Waals surface area contributed by atoms with Crippen molar-refractivity contribution in [1.82, 2.24) is 14.5 Å². The van der Waals surface area contributed by atoms with Crippen molar-refractivity contribution in [2.45, 2.75) is 37.8 Å². The molecule has 0 atom stereocenters. The van der Waals surface area contributed by atoms with E-state index in [4.69, 9.17) is 27.4 Å². The zero-order valence-electron chi connectivity index (χ0n) is 18.6. The Kier molecular flexibility index (Phi) is 7.14. The van der Waals surface area contributed by atoms with Crippen molar-refractivity contribution in [3.05, 3.63) is 81.9 Å². The largest absolute Gasteiger partial charge is 0.396 e. The van der Waals surface area contributed by atoms with E-state index in [2.05, 4.69) is 9.97 Å². The molecule has 2 aromatic carbocycles. The van der Waals surface area contributed by atoms with E-state index in [1.165, 1.54) is 18.2 Å². The summed E-state index contributed by atoms with van der Waals surface area (Å²) in [7, 11) is -4.33. The molecule has 10 heteroatoms. The molecule has 0 aliphatic heterocycles. The van der Waals surface area contributed by atoms with Crippen LogP contribution >= 0.6 is 23.2 Å². The molecule has 0 unspecified atom stereocenters. The molecule has 4 aromatic rings. The number of halogens is 2. The molecular formula is C24H23Cl2N3O4S. The summed E-state index contributed by atoms with van der Waals surface area (Å²) < 4.78 is 34.1. The Morgan fingerprint density at radius 2 is 1.79 bits per heavy atom. The number of para-hydroxylation sites is 1. The lowest BCUT2D eigenvalue weighted by Crippen LogP contribution is -2.19. The smallest absolute Gasteiger partial charge is 0.357 e. The van der Waals surface area contributed by atoms with E-state index in [1.54, 1.807) is 10.8 Å². The zero-order chi connectivity index (χ0) is 24.5. The third kappa shape index (κ3) is 5.20. The Bertz CT molecular complexity index is 1430.